The van der Waals surface area contributed by atoms with Crippen LogP contribution in [0, 0.1) is 0 Å². The summed E-state index contributed by atoms with van der Waals surface area (Å²) in [4.78, 5) is 0. The molecule has 0 bridgehead atoms. The third-order valence-corrected chi connectivity index (χ3v) is 2.17. The van der Waals surface area contributed by atoms with E-state index in [0.717, 1.165) is 0 Å². The van der Waals surface area contributed by atoms with Gasteiger partial charge in [-0.15, -0.1) is 0 Å². The molecule has 0 aromatic heterocycles. The van der Waals surface area contributed by atoms with Crippen molar-refractivity contribution in [1.29, 1.82) is 0 Å². The molecule has 0 fully saturated rings. The van der Waals surface area contributed by atoms with Crippen molar-refractivity contribution in [3.63, 3.8) is 0 Å². The molecular weight excluding hydrogens is 228 g/mol. The minimum Gasteiger partial charge on any atom is -0.358 e. The minimum absolute atomic E-state index is 0.0118. The van der Waals surface area contributed by atoms with Crippen molar-refractivity contribution in [2.24, 2.45) is 0 Å². The summed E-state index contributed by atoms with van der Waals surface area (Å²) in [5.74, 6) is 0. The van der Waals surface area contributed by atoms with Crippen LogP contribution in [0.4, 0.5) is 0 Å². The van der Waals surface area contributed by atoms with Crippen molar-refractivity contribution in [2.45, 2.75) is 18.5 Å². The maximum absolute atomic E-state index is 5.50. The second-order valence-corrected chi connectivity index (χ2v) is 3.58. The lowest BCUT2D eigenvalue weighted by atomic mass is 10.2. The number of benzene rings is 1. The topological polar surface area (TPSA) is 9.23 Å². The van der Waals surface area contributed by atoms with E-state index in [9.17, 15) is 0 Å². The summed E-state index contributed by atoms with van der Waals surface area (Å²) >= 11 is 3.39. The Morgan fingerprint density at radius 1 is 1.38 bits per heavy atom. The molecule has 0 heterocycles. The predicted molar refractivity (Wildman–Crippen MR) is 58.8 cm³/mol. The summed E-state index contributed by atoms with van der Waals surface area (Å²) in [6.07, 6.45) is 3.92. The zero-order chi connectivity index (χ0) is 9.52. The molecule has 0 aliphatic rings. The molecule has 13 heavy (non-hydrogen) atoms. The highest BCUT2D eigenvalue weighted by Crippen LogP contribution is 2.08. The SMILES string of the molecule is CC=CC(Br)OCc1ccccc1. The van der Waals surface area contributed by atoms with Gasteiger partial charge in [0.15, 0.2) is 0 Å². The fourth-order valence-corrected chi connectivity index (χ4v) is 1.39. The third-order valence-electron chi connectivity index (χ3n) is 1.60. The van der Waals surface area contributed by atoms with E-state index in [0.29, 0.717) is 6.61 Å². The summed E-state index contributed by atoms with van der Waals surface area (Å²) in [5, 5.41) is 0.0118. The van der Waals surface area contributed by atoms with Crippen LogP contribution in [0.1, 0.15) is 12.5 Å². The first kappa shape index (κ1) is 10.5. The number of halogens is 1. The first-order chi connectivity index (χ1) is 6.33. The van der Waals surface area contributed by atoms with Gasteiger partial charge in [-0.1, -0.05) is 52.3 Å². The van der Waals surface area contributed by atoms with Gasteiger partial charge in [-0.25, -0.2) is 0 Å². The lowest BCUT2D eigenvalue weighted by Gasteiger charge is -2.06. The lowest BCUT2D eigenvalue weighted by molar-refractivity contribution is 0.130. The van der Waals surface area contributed by atoms with Gasteiger partial charge in [0.05, 0.1) is 6.61 Å². The Morgan fingerprint density at radius 3 is 2.69 bits per heavy atom. The molecule has 0 aliphatic carbocycles. The number of hydrogen-bond donors (Lipinski definition) is 0. The van der Waals surface area contributed by atoms with Gasteiger partial charge >= 0.3 is 0 Å². The first-order valence-corrected chi connectivity index (χ1v) is 5.17. The Morgan fingerprint density at radius 2 is 2.08 bits per heavy atom. The van der Waals surface area contributed by atoms with Crippen LogP contribution in [0.25, 0.3) is 0 Å². The van der Waals surface area contributed by atoms with Gasteiger partial charge in [-0.05, 0) is 18.6 Å². The Hall–Kier alpha value is -0.600. The van der Waals surface area contributed by atoms with E-state index >= 15 is 0 Å². The van der Waals surface area contributed by atoms with Crippen molar-refractivity contribution >= 4 is 15.9 Å². The van der Waals surface area contributed by atoms with Gasteiger partial charge in [-0.3, -0.25) is 0 Å². The number of hydrogen-bond acceptors (Lipinski definition) is 1. The third kappa shape index (κ3) is 4.25. The van der Waals surface area contributed by atoms with Gasteiger partial charge in [0, 0.05) is 0 Å². The van der Waals surface area contributed by atoms with Crippen LogP contribution in [-0.2, 0) is 11.3 Å². The highest BCUT2D eigenvalue weighted by atomic mass is 79.9. The van der Waals surface area contributed by atoms with Gasteiger partial charge in [0.25, 0.3) is 0 Å². The molecule has 1 unspecified atom stereocenters. The lowest BCUT2D eigenvalue weighted by Crippen LogP contribution is -2.00. The smallest absolute Gasteiger partial charge is 0.131 e. The Labute approximate surface area is 87.5 Å². The summed E-state index contributed by atoms with van der Waals surface area (Å²) in [7, 11) is 0. The largest absolute Gasteiger partial charge is 0.358 e. The quantitative estimate of drug-likeness (QED) is 0.579. The normalized spacial score (nSPS) is 13.4. The minimum atomic E-state index is 0.0118. The standard InChI is InChI=1S/C11H13BrO/c1-2-6-11(12)13-9-10-7-4-3-5-8-10/h2-8,11H,9H2,1H3. The monoisotopic (exact) mass is 240 g/mol. The maximum Gasteiger partial charge on any atom is 0.131 e. The number of rotatable bonds is 4. The molecular formula is C11H13BrO. The van der Waals surface area contributed by atoms with E-state index in [4.69, 9.17) is 4.74 Å². The highest BCUT2D eigenvalue weighted by molar-refractivity contribution is 9.09. The molecule has 0 aliphatic heterocycles. The van der Waals surface area contributed by atoms with E-state index in [-0.39, 0.29) is 5.01 Å². The number of alkyl halides is 1. The molecule has 2 heteroatoms. The van der Waals surface area contributed by atoms with Crippen LogP contribution in [0.3, 0.4) is 0 Å². The molecule has 1 nitrogen and oxygen atoms in total. The molecule has 0 N–H and O–H groups in total. The summed E-state index contributed by atoms with van der Waals surface area (Å²) < 4.78 is 5.50. The van der Waals surface area contributed by atoms with Crippen LogP contribution >= 0.6 is 15.9 Å². The van der Waals surface area contributed by atoms with Gasteiger partial charge in [0.1, 0.15) is 5.01 Å². The van der Waals surface area contributed by atoms with Crippen molar-refractivity contribution in [1.82, 2.24) is 0 Å². The van der Waals surface area contributed by atoms with Gasteiger partial charge in [-0.2, -0.15) is 0 Å². The van der Waals surface area contributed by atoms with E-state index in [1.54, 1.807) is 0 Å². The molecule has 1 aromatic carbocycles. The van der Waals surface area contributed by atoms with E-state index < -0.39 is 0 Å². The highest BCUT2D eigenvalue weighted by Gasteiger charge is 1.97. The Bertz CT molecular complexity index is 256. The Kier molecular flexibility index (Phi) is 4.79. The zero-order valence-electron chi connectivity index (χ0n) is 7.61. The van der Waals surface area contributed by atoms with Crippen molar-refractivity contribution < 1.29 is 4.74 Å². The van der Waals surface area contributed by atoms with Crippen LogP contribution in [0.2, 0.25) is 0 Å². The van der Waals surface area contributed by atoms with Crippen LogP contribution in [0.5, 0.6) is 0 Å². The average molecular weight is 241 g/mol. The van der Waals surface area contributed by atoms with Crippen LogP contribution < -0.4 is 0 Å². The molecule has 0 saturated heterocycles. The molecule has 0 spiro atoms. The summed E-state index contributed by atoms with van der Waals surface area (Å²) in [5.41, 5.74) is 1.19. The second-order valence-electron chi connectivity index (χ2n) is 2.67. The van der Waals surface area contributed by atoms with Crippen molar-refractivity contribution in [2.75, 3.05) is 0 Å². The Balaban J connectivity index is 2.35. The van der Waals surface area contributed by atoms with Gasteiger partial charge < -0.3 is 4.74 Å². The molecule has 0 saturated carbocycles. The van der Waals surface area contributed by atoms with E-state index in [2.05, 4.69) is 28.1 Å². The molecule has 1 rings (SSSR count). The molecule has 0 radical (unpaired) electrons. The predicted octanol–water partition coefficient (Wildman–Crippen LogP) is 3.50. The van der Waals surface area contributed by atoms with E-state index in [1.807, 2.05) is 37.3 Å². The average Bonchev–Trinajstić information content (AvgIpc) is 2.17. The van der Waals surface area contributed by atoms with Crippen LogP contribution in [-0.4, -0.2) is 5.01 Å². The molecule has 70 valence electrons. The van der Waals surface area contributed by atoms with E-state index in [1.165, 1.54) is 5.56 Å². The molecule has 1 atom stereocenters. The molecule has 0 amide bonds. The second kappa shape index (κ2) is 5.95. The number of allylic oxidation sites excluding steroid dienone is 1. The number of ether oxygens (including phenoxy) is 1. The zero-order valence-corrected chi connectivity index (χ0v) is 9.20. The summed E-state index contributed by atoms with van der Waals surface area (Å²) in [6, 6.07) is 10.1. The van der Waals surface area contributed by atoms with Crippen molar-refractivity contribution in [3.05, 3.63) is 48.0 Å². The fourth-order valence-electron chi connectivity index (χ4n) is 0.957. The fraction of sp³-hybridized carbons (Fsp3) is 0.273. The summed E-state index contributed by atoms with van der Waals surface area (Å²) in [6.45, 7) is 2.61. The maximum atomic E-state index is 5.50. The van der Waals surface area contributed by atoms with Crippen LogP contribution in [0.15, 0.2) is 42.5 Å². The first-order valence-electron chi connectivity index (χ1n) is 4.25. The van der Waals surface area contributed by atoms with Gasteiger partial charge in [0.2, 0.25) is 0 Å². The molecule has 1 aromatic rings. The van der Waals surface area contributed by atoms with Crippen molar-refractivity contribution in [3.8, 4) is 0 Å².